The Morgan fingerprint density at radius 2 is 1.32 bits per heavy atom. The highest BCUT2D eigenvalue weighted by Gasteiger charge is 2.43. The third-order valence-corrected chi connectivity index (χ3v) is 12.6. The van der Waals surface area contributed by atoms with Crippen molar-refractivity contribution in [1.29, 1.82) is 0 Å². The summed E-state index contributed by atoms with van der Waals surface area (Å²) in [6.45, 7) is 19.7. The number of rotatable bonds is 14. The lowest BCUT2D eigenvalue weighted by Crippen LogP contribution is -2.55. The molecular weight excluding hydrogens is 572 g/mol. The molecule has 0 saturated carbocycles. The second-order valence-corrected chi connectivity index (χ2v) is 19.3. The van der Waals surface area contributed by atoms with Gasteiger partial charge in [0.05, 0.1) is 12.1 Å². The molecule has 0 aliphatic rings. The van der Waals surface area contributed by atoms with Gasteiger partial charge in [-0.25, -0.2) is 9.59 Å². The summed E-state index contributed by atoms with van der Waals surface area (Å²) in [5.74, 6) is -2.34. The Kier molecular flexibility index (Phi) is 13.2. The first-order valence-electron chi connectivity index (χ1n) is 15.6. The second kappa shape index (κ2) is 15.7. The molecule has 2 amide bonds. The van der Waals surface area contributed by atoms with Crippen LogP contribution in [0.4, 0.5) is 4.79 Å². The second-order valence-electron chi connectivity index (χ2n) is 14.5. The number of hydrogen-bond acceptors (Lipinski definition) is 5. The highest BCUT2D eigenvalue weighted by molar-refractivity contribution is 6.74. The van der Waals surface area contributed by atoms with Crippen molar-refractivity contribution in [1.82, 2.24) is 10.6 Å². The van der Waals surface area contributed by atoms with Crippen LogP contribution in [0.2, 0.25) is 18.1 Å². The fraction of sp³-hybridized carbons (Fsp3) is 0.571. The summed E-state index contributed by atoms with van der Waals surface area (Å²) < 4.78 is 12.7. The van der Waals surface area contributed by atoms with E-state index in [9.17, 15) is 19.5 Å². The molecule has 4 unspecified atom stereocenters. The van der Waals surface area contributed by atoms with Crippen LogP contribution in [0.15, 0.2) is 60.7 Å². The number of benzene rings is 2. The van der Waals surface area contributed by atoms with E-state index in [-0.39, 0.29) is 23.3 Å². The fourth-order valence-electron chi connectivity index (χ4n) is 4.70. The molecule has 0 aromatic heterocycles. The number of carboxylic acids is 1. The van der Waals surface area contributed by atoms with Crippen LogP contribution < -0.4 is 10.6 Å². The Morgan fingerprint density at radius 1 is 0.818 bits per heavy atom. The minimum atomic E-state index is -2.43. The molecule has 9 heteroatoms. The molecule has 8 nitrogen and oxygen atoms in total. The van der Waals surface area contributed by atoms with Gasteiger partial charge in [0.1, 0.15) is 11.6 Å². The SMILES string of the molecule is CC(C)C(NC(=O)C(Cc1ccccc1)CC(O[Si](C)(C)C(C)(C)C)C(Cc1ccccc1)NC(=O)OC(C)(C)C)C(=O)O. The molecule has 0 heterocycles. The van der Waals surface area contributed by atoms with E-state index in [4.69, 9.17) is 9.16 Å². The molecule has 3 N–H and O–H groups in total. The van der Waals surface area contributed by atoms with E-state index in [1.54, 1.807) is 13.8 Å². The molecule has 0 bridgehead atoms. The minimum absolute atomic E-state index is 0.141. The predicted octanol–water partition coefficient (Wildman–Crippen LogP) is 6.99. The Hall–Kier alpha value is -3.17. The number of ether oxygens (including phenoxy) is 1. The van der Waals surface area contributed by atoms with Crippen molar-refractivity contribution in [2.45, 2.75) is 117 Å². The highest BCUT2D eigenvalue weighted by atomic mass is 28.4. The van der Waals surface area contributed by atoms with Gasteiger partial charge in [-0.2, -0.15) is 0 Å². The molecule has 2 rings (SSSR count). The van der Waals surface area contributed by atoms with Crippen molar-refractivity contribution >= 4 is 26.3 Å². The van der Waals surface area contributed by atoms with E-state index in [0.29, 0.717) is 12.8 Å². The number of hydrogen-bond donors (Lipinski definition) is 3. The summed E-state index contributed by atoms with van der Waals surface area (Å²) in [6, 6.07) is 18.0. The summed E-state index contributed by atoms with van der Waals surface area (Å²) in [4.78, 5) is 39.2. The largest absolute Gasteiger partial charge is 0.480 e. The van der Waals surface area contributed by atoms with Crippen LogP contribution in [0.1, 0.15) is 72.9 Å². The maximum absolute atomic E-state index is 13.9. The Labute approximate surface area is 265 Å². The lowest BCUT2D eigenvalue weighted by atomic mass is 9.88. The average Bonchev–Trinajstić information content (AvgIpc) is 2.89. The molecule has 0 saturated heterocycles. The van der Waals surface area contributed by atoms with E-state index in [1.165, 1.54) is 0 Å². The van der Waals surface area contributed by atoms with Gasteiger partial charge in [-0.05, 0) is 75.2 Å². The lowest BCUT2D eigenvalue weighted by molar-refractivity contribution is -0.144. The van der Waals surface area contributed by atoms with Crippen LogP contribution in [-0.4, -0.2) is 55.2 Å². The first-order chi connectivity index (χ1) is 20.3. The summed E-state index contributed by atoms with van der Waals surface area (Å²) in [6.07, 6.45) is -0.00492. The third kappa shape index (κ3) is 12.1. The van der Waals surface area contributed by atoms with Gasteiger partial charge in [0, 0.05) is 5.92 Å². The lowest BCUT2D eigenvalue weighted by Gasteiger charge is -2.42. The van der Waals surface area contributed by atoms with Crippen LogP contribution in [0.5, 0.6) is 0 Å². The first kappa shape index (κ1) is 37.0. The van der Waals surface area contributed by atoms with E-state index >= 15 is 0 Å². The number of nitrogens with one attached hydrogen (secondary N) is 2. The summed E-state index contributed by atoms with van der Waals surface area (Å²) in [5.41, 5.74) is 1.26. The van der Waals surface area contributed by atoms with E-state index in [2.05, 4.69) is 44.5 Å². The molecule has 4 atom stereocenters. The zero-order valence-corrected chi connectivity index (χ0v) is 29.3. The van der Waals surface area contributed by atoms with Crippen molar-refractivity contribution in [3.63, 3.8) is 0 Å². The van der Waals surface area contributed by atoms with Crippen LogP contribution >= 0.6 is 0 Å². The summed E-state index contributed by atoms with van der Waals surface area (Å²) in [7, 11) is -2.43. The third-order valence-electron chi connectivity index (χ3n) is 8.14. The van der Waals surface area contributed by atoms with Crippen molar-refractivity contribution in [3.8, 4) is 0 Å². The van der Waals surface area contributed by atoms with Crippen LogP contribution in [0.3, 0.4) is 0 Å². The number of carbonyl (C=O) groups excluding carboxylic acids is 2. The van der Waals surface area contributed by atoms with E-state index in [1.807, 2.05) is 81.4 Å². The Balaban J connectivity index is 2.61. The van der Waals surface area contributed by atoms with Gasteiger partial charge < -0.3 is 24.9 Å². The maximum Gasteiger partial charge on any atom is 0.407 e. The molecule has 0 spiro atoms. The number of amides is 2. The van der Waals surface area contributed by atoms with Gasteiger partial charge in [-0.15, -0.1) is 0 Å². The van der Waals surface area contributed by atoms with Crippen LogP contribution in [0.25, 0.3) is 0 Å². The zero-order valence-electron chi connectivity index (χ0n) is 28.3. The van der Waals surface area contributed by atoms with Crippen molar-refractivity contribution < 1.29 is 28.7 Å². The van der Waals surface area contributed by atoms with E-state index < -0.39 is 50.1 Å². The predicted molar refractivity (Wildman–Crippen MR) is 178 cm³/mol. The van der Waals surface area contributed by atoms with Gasteiger partial charge in [-0.1, -0.05) is 95.3 Å². The highest BCUT2D eigenvalue weighted by Crippen LogP contribution is 2.39. The molecule has 0 radical (unpaired) electrons. The van der Waals surface area contributed by atoms with Crippen LogP contribution in [-0.2, 0) is 31.6 Å². The van der Waals surface area contributed by atoms with Gasteiger partial charge in [0.25, 0.3) is 0 Å². The molecule has 2 aromatic carbocycles. The first-order valence-corrected chi connectivity index (χ1v) is 18.5. The topological polar surface area (TPSA) is 114 Å². The molecule has 0 aliphatic heterocycles. The maximum atomic E-state index is 13.9. The van der Waals surface area contributed by atoms with Gasteiger partial charge in [-0.3, -0.25) is 4.79 Å². The minimum Gasteiger partial charge on any atom is -0.480 e. The molecule has 44 heavy (non-hydrogen) atoms. The smallest absolute Gasteiger partial charge is 0.407 e. The standard InChI is InChI=1S/C35H54N2O6Si/c1-24(2)30(32(39)40)37-31(38)27(21-25-17-13-11-14-18-25)23-29(43-44(9,10)35(6,7)8)28(22-26-19-15-12-16-20-26)36-33(41)42-34(3,4)5/h11-20,24,27-30H,21-23H2,1-10H3,(H,36,41)(H,37,38)(H,39,40). The Morgan fingerprint density at radius 3 is 1.75 bits per heavy atom. The molecular formula is C35H54N2O6Si. The molecule has 244 valence electrons. The Bertz CT molecular complexity index is 1210. The van der Waals surface area contributed by atoms with Gasteiger partial charge in [0.15, 0.2) is 8.32 Å². The van der Waals surface area contributed by atoms with Crippen molar-refractivity contribution in [3.05, 3.63) is 71.8 Å². The quantitative estimate of drug-likeness (QED) is 0.195. The van der Waals surface area contributed by atoms with Crippen LogP contribution in [0, 0.1) is 11.8 Å². The summed E-state index contributed by atoms with van der Waals surface area (Å²) >= 11 is 0. The number of alkyl carbamates (subject to hydrolysis) is 1. The number of carboxylic acid groups (broad SMARTS) is 1. The van der Waals surface area contributed by atoms with E-state index in [0.717, 1.165) is 11.1 Å². The summed E-state index contributed by atoms with van der Waals surface area (Å²) in [5, 5.41) is 15.6. The fourth-order valence-corrected chi connectivity index (χ4v) is 6.07. The molecule has 0 fully saturated rings. The normalized spacial score (nSPS) is 15.2. The molecule has 0 aliphatic carbocycles. The number of aliphatic carboxylic acids is 1. The van der Waals surface area contributed by atoms with Gasteiger partial charge in [0.2, 0.25) is 5.91 Å². The van der Waals surface area contributed by atoms with Crippen molar-refractivity contribution in [2.75, 3.05) is 0 Å². The van der Waals surface area contributed by atoms with Crippen molar-refractivity contribution in [2.24, 2.45) is 11.8 Å². The van der Waals surface area contributed by atoms with Gasteiger partial charge >= 0.3 is 12.1 Å². The zero-order chi connectivity index (χ0) is 33.3. The molecule has 2 aromatic rings. The monoisotopic (exact) mass is 626 g/mol. The number of carbonyl (C=O) groups is 3. The average molecular weight is 627 g/mol.